The van der Waals surface area contributed by atoms with E-state index in [4.69, 9.17) is 0 Å². The van der Waals surface area contributed by atoms with Gasteiger partial charge < -0.3 is 0 Å². The molecule has 0 aliphatic heterocycles. The van der Waals surface area contributed by atoms with Crippen LogP contribution in [0.25, 0.3) is 0 Å². The van der Waals surface area contributed by atoms with Crippen LogP contribution in [0.2, 0.25) is 0 Å². The largest absolute Gasteiger partial charge is 0.214 e. The van der Waals surface area contributed by atoms with E-state index in [1.54, 1.807) is 18.4 Å². The lowest BCUT2D eigenvalue weighted by molar-refractivity contribution is 0.469. The van der Waals surface area contributed by atoms with Gasteiger partial charge in [0, 0.05) is 28.3 Å². The fourth-order valence-corrected chi connectivity index (χ4v) is 4.53. The van der Waals surface area contributed by atoms with Gasteiger partial charge in [-0.25, -0.2) is 8.42 Å². The first kappa shape index (κ1) is 15.7. The lowest BCUT2D eigenvalue weighted by Crippen LogP contribution is -2.29. The van der Waals surface area contributed by atoms with Crippen LogP contribution in [0.3, 0.4) is 0 Å². The third-order valence-corrected chi connectivity index (χ3v) is 6.45. The van der Waals surface area contributed by atoms with Crippen molar-refractivity contribution in [2.24, 2.45) is 0 Å². The summed E-state index contributed by atoms with van der Waals surface area (Å²) in [5.74, 6) is 0.139. The Hall–Kier alpha value is -0.690. The molecule has 3 nitrogen and oxygen atoms in total. The van der Waals surface area contributed by atoms with Gasteiger partial charge in [0.15, 0.2) is 0 Å². The number of thiophene rings is 1. The number of halogens is 1. The molecule has 6 heteroatoms. The Bertz CT molecular complexity index is 653. The number of nitrogens with zero attached hydrogens (tertiary/aromatic N) is 1. The van der Waals surface area contributed by atoms with Crippen LogP contribution in [0.4, 0.5) is 0 Å². The molecule has 0 amide bonds. The van der Waals surface area contributed by atoms with E-state index < -0.39 is 10.0 Å². The molecule has 2 aromatic rings. The van der Waals surface area contributed by atoms with Crippen LogP contribution in [0, 0.1) is 0 Å². The zero-order chi connectivity index (χ0) is 14.6. The van der Waals surface area contributed by atoms with Gasteiger partial charge in [-0.3, -0.25) is 0 Å². The van der Waals surface area contributed by atoms with E-state index in [2.05, 4.69) is 15.9 Å². The smallest absolute Gasteiger partial charge is 0.212 e. The van der Waals surface area contributed by atoms with Gasteiger partial charge in [-0.15, -0.1) is 11.3 Å². The second-order valence-corrected chi connectivity index (χ2v) is 8.65. The first-order valence-corrected chi connectivity index (χ1v) is 9.46. The highest BCUT2D eigenvalue weighted by Gasteiger charge is 2.18. The Balaban J connectivity index is 1.95. The molecule has 0 radical (unpaired) electrons. The monoisotopic (exact) mass is 373 g/mol. The summed E-state index contributed by atoms with van der Waals surface area (Å²) in [6.07, 6.45) is 0.543. The van der Waals surface area contributed by atoms with E-state index in [0.29, 0.717) is 13.0 Å². The maximum Gasteiger partial charge on any atom is 0.214 e. The third-order valence-electron chi connectivity index (χ3n) is 2.97. The van der Waals surface area contributed by atoms with Gasteiger partial charge in [0.1, 0.15) is 0 Å². The summed E-state index contributed by atoms with van der Waals surface area (Å²) in [5, 5.41) is 1.96. The summed E-state index contributed by atoms with van der Waals surface area (Å²) in [6, 6.07) is 11.6. The normalized spacial score (nSPS) is 11.9. The second-order valence-electron chi connectivity index (χ2n) is 4.54. The van der Waals surface area contributed by atoms with Crippen molar-refractivity contribution < 1.29 is 8.42 Å². The van der Waals surface area contributed by atoms with E-state index in [-0.39, 0.29) is 5.75 Å². The average Bonchev–Trinajstić information content (AvgIpc) is 2.83. The van der Waals surface area contributed by atoms with E-state index in [9.17, 15) is 8.42 Å². The van der Waals surface area contributed by atoms with E-state index in [1.165, 1.54) is 4.31 Å². The number of hydrogen-bond donors (Lipinski definition) is 0. The first-order chi connectivity index (χ1) is 9.47. The Kier molecular flexibility index (Phi) is 5.37. The predicted octanol–water partition coefficient (Wildman–Crippen LogP) is 3.51. The fraction of sp³-hybridized carbons (Fsp3) is 0.286. The van der Waals surface area contributed by atoms with Crippen molar-refractivity contribution in [2.75, 3.05) is 12.8 Å². The van der Waals surface area contributed by atoms with E-state index in [0.717, 1.165) is 14.9 Å². The fourth-order valence-electron chi connectivity index (χ4n) is 1.80. The molecule has 1 aromatic carbocycles. The van der Waals surface area contributed by atoms with Crippen LogP contribution < -0.4 is 0 Å². The van der Waals surface area contributed by atoms with E-state index >= 15 is 0 Å². The Morgan fingerprint density at radius 3 is 2.55 bits per heavy atom. The van der Waals surface area contributed by atoms with Crippen molar-refractivity contribution in [1.82, 2.24) is 4.31 Å². The number of sulfonamides is 1. The topological polar surface area (TPSA) is 37.4 Å². The molecule has 0 saturated carbocycles. The highest BCUT2D eigenvalue weighted by atomic mass is 79.9. The van der Waals surface area contributed by atoms with Crippen molar-refractivity contribution in [2.45, 2.75) is 13.0 Å². The van der Waals surface area contributed by atoms with Gasteiger partial charge in [-0.2, -0.15) is 4.31 Å². The predicted molar refractivity (Wildman–Crippen MR) is 87.4 cm³/mol. The minimum atomic E-state index is -3.22. The molecule has 0 aliphatic carbocycles. The molecule has 0 bridgehead atoms. The maximum atomic E-state index is 12.2. The number of rotatable bonds is 6. The summed E-state index contributed by atoms with van der Waals surface area (Å²) in [5.41, 5.74) is 1.04. The molecule has 0 unspecified atom stereocenters. The summed E-state index contributed by atoms with van der Waals surface area (Å²) in [4.78, 5) is 1.03. The highest BCUT2D eigenvalue weighted by Crippen LogP contribution is 2.21. The van der Waals surface area contributed by atoms with Crippen molar-refractivity contribution in [3.05, 3.63) is 56.7 Å². The number of benzene rings is 1. The Morgan fingerprint density at radius 2 is 1.95 bits per heavy atom. The van der Waals surface area contributed by atoms with Gasteiger partial charge in [-0.05, 0) is 34.0 Å². The molecular formula is C14H16BrNO2S2. The van der Waals surface area contributed by atoms with Crippen molar-refractivity contribution in [3.8, 4) is 0 Å². The molecular weight excluding hydrogens is 358 g/mol. The van der Waals surface area contributed by atoms with E-state index in [1.807, 2.05) is 41.8 Å². The van der Waals surface area contributed by atoms with Gasteiger partial charge in [0.2, 0.25) is 10.0 Å². The summed E-state index contributed by atoms with van der Waals surface area (Å²) < 4.78 is 26.9. The zero-order valence-corrected chi connectivity index (χ0v) is 14.3. The Labute approximate surface area is 132 Å². The third kappa shape index (κ3) is 4.41. The molecule has 0 spiro atoms. The molecule has 0 saturated heterocycles. The average molecular weight is 374 g/mol. The first-order valence-electron chi connectivity index (χ1n) is 6.18. The van der Waals surface area contributed by atoms with Gasteiger partial charge in [0.25, 0.3) is 0 Å². The van der Waals surface area contributed by atoms with Crippen LogP contribution in [0.1, 0.15) is 10.4 Å². The van der Waals surface area contributed by atoms with Crippen LogP contribution in [-0.4, -0.2) is 25.5 Å². The highest BCUT2D eigenvalue weighted by molar-refractivity contribution is 9.10. The SMILES string of the molecule is CN(Cc1cc(Br)cs1)S(=O)(=O)CCc1ccccc1. The Morgan fingerprint density at radius 1 is 1.25 bits per heavy atom. The number of hydrogen-bond acceptors (Lipinski definition) is 3. The molecule has 1 aromatic heterocycles. The van der Waals surface area contributed by atoms with Crippen LogP contribution >= 0.6 is 27.3 Å². The molecule has 1 heterocycles. The standard InChI is InChI=1S/C14H16BrNO2S2/c1-16(10-14-9-13(15)11-19-14)20(17,18)8-7-12-5-3-2-4-6-12/h2-6,9,11H,7-8,10H2,1H3. The van der Waals surface area contributed by atoms with Crippen molar-refractivity contribution in [3.63, 3.8) is 0 Å². The van der Waals surface area contributed by atoms with Gasteiger partial charge in [-0.1, -0.05) is 30.3 Å². The quantitative estimate of drug-likeness (QED) is 0.776. The van der Waals surface area contributed by atoms with Crippen LogP contribution in [-0.2, 0) is 23.0 Å². The lowest BCUT2D eigenvalue weighted by atomic mass is 10.2. The molecule has 20 heavy (non-hydrogen) atoms. The van der Waals surface area contributed by atoms with Crippen LogP contribution in [0.5, 0.6) is 0 Å². The summed E-state index contributed by atoms with van der Waals surface area (Å²) >= 11 is 4.93. The van der Waals surface area contributed by atoms with Crippen molar-refractivity contribution >= 4 is 37.3 Å². The minimum Gasteiger partial charge on any atom is -0.212 e. The maximum absolute atomic E-state index is 12.2. The minimum absolute atomic E-state index is 0.139. The zero-order valence-electron chi connectivity index (χ0n) is 11.1. The van der Waals surface area contributed by atoms with Gasteiger partial charge in [0.05, 0.1) is 5.75 Å². The lowest BCUT2D eigenvalue weighted by Gasteiger charge is -2.16. The molecule has 108 valence electrons. The summed E-state index contributed by atoms with van der Waals surface area (Å²) in [6.45, 7) is 0.424. The van der Waals surface area contributed by atoms with Gasteiger partial charge >= 0.3 is 0 Å². The molecule has 0 fully saturated rings. The van der Waals surface area contributed by atoms with Crippen molar-refractivity contribution in [1.29, 1.82) is 0 Å². The second kappa shape index (κ2) is 6.85. The van der Waals surface area contributed by atoms with Crippen LogP contribution in [0.15, 0.2) is 46.3 Å². The summed E-state index contributed by atoms with van der Waals surface area (Å²) in [7, 11) is -1.59. The molecule has 0 N–H and O–H groups in total. The molecule has 2 rings (SSSR count). The molecule has 0 aliphatic rings. The molecule has 0 atom stereocenters. The number of aryl methyl sites for hydroxylation is 1.